The normalized spacial score (nSPS) is 18.2. The van der Waals surface area contributed by atoms with Crippen molar-refractivity contribution in [1.29, 1.82) is 0 Å². The number of thiazole rings is 1. The van der Waals surface area contributed by atoms with Crippen molar-refractivity contribution in [2.24, 2.45) is 5.92 Å². The van der Waals surface area contributed by atoms with Crippen LogP contribution in [0.3, 0.4) is 0 Å². The second-order valence-electron chi connectivity index (χ2n) is 5.88. The lowest BCUT2D eigenvalue weighted by molar-refractivity contribution is 0.0947. The fourth-order valence-corrected chi connectivity index (χ4v) is 3.75. The third-order valence-electron chi connectivity index (χ3n) is 4.15. The van der Waals surface area contributed by atoms with E-state index in [9.17, 15) is 4.79 Å². The minimum absolute atomic E-state index is 0.121. The highest BCUT2D eigenvalue weighted by Gasteiger charge is 2.23. The lowest BCUT2D eigenvalue weighted by atomic mass is 10.1. The van der Waals surface area contributed by atoms with Crippen LogP contribution < -0.4 is 5.32 Å². The van der Waals surface area contributed by atoms with Crippen LogP contribution in [0.1, 0.15) is 21.8 Å². The molecule has 1 aliphatic heterocycles. The molecule has 1 aromatic heterocycles. The van der Waals surface area contributed by atoms with Gasteiger partial charge in [0, 0.05) is 25.0 Å². The van der Waals surface area contributed by atoms with Crippen LogP contribution in [0.15, 0.2) is 35.7 Å². The molecule has 1 saturated heterocycles. The van der Waals surface area contributed by atoms with E-state index >= 15 is 0 Å². The van der Waals surface area contributed by atoms with Crippen LogP contribution in [0, 0.1) is 5.92 Å². The molecule has 122 valence electrons. The topological polar surface area (TPSA) is 45.2 Å². The first-order chi connectivity index (χ1) is 11.2. The first-order valence-electron chi connectivity index (χ1n) is 7.86. The van der Waals surface area contributed by atoms with Crippen molar-refractivity contribution in [3.05, 3.63) is 51.4 Å². The van der Waals surface area contributed by atoms with Gasteiger partial charge in [-0.2, -0.15) is 0 Å². The number of nitrogens with zero attached hydrogens (tertiary/aromatic N) is 2. The summed E-state index contributed by atoms with van der Waals surface area (Å²) in [6, 6.07) is 10.6. The smallest absolute Gasteiger partial charge is 0.280 e. The average molecular weight is 350 g/mol. The molecule has 0 bridgehead atoms. The number of aromatic nitrogens is 1. The molecule has 0 radical (unpaired) electrons. The highest BCUT2D eigenvalue weighted by atomic mass is 35.5. The summed E-state index contributed by atoms with van der Waals surface area (Å²) >= 11 is 7.03. The maximum absolute atomic E-state index is 12.0. The standard InChI is InChI=1S/C17H20ClN3OS/c18-15-12-23-17(20-15)16(22)19-10-14-7-9-21(11-14)8-6-13-4-2-1-3-5-13/h1-5,12,14H,6-11H2,(H,19,22). The van der Waals surface area contributed by atoms with Crippen LogP contribution in [0.25, 0.3) is 0 Å². The molecule has 2 aromatic rings. The molecule has 1 unspecified atom stereocenters. The van der Waals surface area contributed by atoms with Gasteiger partial charge in [0.2, 0.25) is 0 Å². The molecular weight excluding hydrogens is 330 g/mol. The molecule has 4 nitrogen and oxygen atoms in total. The van der Waals surface area contributed by atoms with Crippen LogP contribution in [0.5, 0.6) is 0 Å². The summed E-state index contributed by atoms with van der Waals surface area (Å²) in [5, 5.41) is 5.47. The number of carbonyl (C=O) groups is 1. The second-order valence-corrected chi connectivity index (χ2v) is 7.12. The number of halogens is 1. The molecule has 0 saturated carbocycles. The fraction of sp³-hybridized carbons (Fsp3) is 0.412. The van der Waals surface area contributed by atoms with E-state index in [-0.39, 0.29) is 5.91 Å². The van der Waals surface area contributed by atoms with Gasteiger partial charge in [0.05, 0.1) is 0 Å². The van der Waals surface area contributed by atoms with Gasteiger partial charge in [0.25, 0.3) is 5.91 Å². The Hall–Kier alpha value is -1.43. The number of amides is 1. The number of hydrogen-bond donors (Lipinski definition) is 1. The highest BCUT2D eigenvalue weighted by Crippen LogP contribution is 2.17. The van der Waals surface area contributed by atoms with Gasteiger partial charge in [-0.25, -0.2) is 4.98 Å². The summed E-state index contributed by atoms with van der Waals surface area (Å²) in [4.78, 5) is 18.4. The van der Waals surface area contributed by atoms with Gasteiger partial charge in [-0.3, -0.25) is 4.79 Å². The van der Waals surface area contributed by atoms with Gasteiger partial charge in [0.1, 0.15) is 5.15 Å². The predicted molar refractivity (Wildman–Crippen MR) is 94.2 cm³/mol. The summed E-state index contributed by atoms with van der Waals surface area (Å²) < 4.78 is 0. The molecule has 0 spiro atoms. The van der Waals surface area contributed by atoms with E-state index in [1.807, 2.05) is 6.07 Å². The van der Waals surface area contributed by atoms with E-state index in [4.69, 9.17) is 11.6 Å². The van der Waals surface area contributed by atoms with E-state index in [1.54, 1.807) is 5.38 Å². The molecule has 6 heteroatoms. The molecular formula is C17H20ClN3OS. The van der Waals surface area contributed by atoms with Gasteiger partial charge >= 0.3 is 0 Å². The predicted octanol–water partition coefficient (Wildman–Crippen LogP) is 3.09. The third-order valence-corrected chi connectivity index (χ3v) is 5.32. The molecule has 23 heavy (non-hydrogen) atoms. The second kappa shape index (κ2) is 7.90. The van der Waals surface area contributed by atoms with E-state index < -0.39 is 0 Å². The molecule has 2 heterocycles. The quantitative estimate of drug-likeness (QED) is 0.871. The lowest BCUT2D eigenvalue weighted by Gasteiger charge is -2.16. The van der Waals surface area contributed by atoms with E-state index in [2.05, 4.69) is 39.5 Å². The molecule has 1 amide bonds. The molecule has 1 aromatic carbocycles. The van der Waals surface area contributed by atoms with Gasteiger partial charge in [-0.15, -0.1) is 11.3 Å². The monoisotopic (exact) mass is 349 g/mol. The minimum atomic E-state index is -0.121. The van der Waals surface area contributed by atoms with Gasteiger partial charge in [-0.1, -0.05) is 41.9 Å². The maximum Gasteiger partial charge on any atom is 0.280 e. The van der Waals surface area contributed by atoms with E-state index in [0.29, 0.717) is 22.6 Å². The van der Waals surface area contributed by atoms with Crippen molar-refractivity contribution < 1.29 is 4.79 Å². The number of nitrogens with one attached hydrogen (secondary N) is 1. The largest absolute Gasteiger partial charge is 0.350 e. The first kappa shape index (κ1) is 16.4. The SMILES string of the molecule is O=C(NCC1CCN(CCc2ccccc2)C1)c1nc(Cl)cs1. The molecule has 3 rings (SSSR count). The van der Waals surface area contributed by atoms with Crippen LogP contribution in [-0.2, 0) is 6.42 Å². The Kier molecular flexibility index (Phi) is 5.65. The fourth-order valence-electron chi connectivity index (χ4n) is 2.89. The third kappa shape index (κ3) is 4.77. The van der Waals surface area contributed by atoms with Crippen LogP contribution >= 0.6 is 22.9 Å². The van der Waals surface area contributed by atoms with Crippen molar-refractivity contribution in [3.63, 3.8) is 0 Å². The summed E-state index contributed by atoms with van der Waals surface area (Å²) in [7, 11) is 0. The van der Waals surface area contributed by atoms with Crippen LogP contribution in [-0.4, -0.2) is 42.0 Å². The van der Waals surface area contributed by atoms with Crippen molar-refractivity contribution >= 4 is 28.8 Å². The molecule has 0 aliphatic carbocycles. The molecule has 1 N–H and O–H groups in total. The Morgan fingerprint density at radius 1 is 1.39 bits per heavy atom. The molecule has 1 atom stereocenters. The summed E-state index contributed by atoms with van der Waals surface area (Å²) in [5.41, 5.74) is 1.38. The maximum atomic E-state index is 12.0. The summed E-state index contributed by atoms with van der Waals surface area (Å²) in [6.45, 7) is 3.94. The zero-order chi connectivity index (χ0) is 16.1. The Morgan fingerprint density at radius 3 is 2.96 bits per heavy atom. The summed E-state index contributed by atoms with van der Waals surface area (Å²) in [5.74, 6) is 0.398. The van der Waals surface area contributed by atoms with Crippen molar-refractivity contribution in [1.82, 2.24) is 15.2 Å². The van der Waals surface area contributed by atoms with Gasteiger partial charge in [-0.05, 0) is 30.9 Å². The van der Waals surface area contributed by atoms with Crippen LogP contribution in [0.4, 0.5) is 0 Å². The molecule has 1 aliphatic rings. The highest BCUT2D eigenvalue weighted by molar-refractivity contribution is 7.12. The number of carbonyl (C=O) groups excluding carboxylic acids is 1. The number of hydrogen-bond acceptors (Lipinski definition) is 4. The van der Waals surface area contributed by atoms with E-state index in [0.717, 1.165) is 32.5 Å². The average Bonchev–Trinajstić information content (AvgIpc) is 3.21. The van der Waals surface area contributed by atoms with Crippen molar-refractivity contribution in [2.75, 3.05) is 26.2 Å². The zero-order valence-corrected chi connectivity index (χ0v) is 14.4. The summed E-state index contributed by atoms with van der Waals surface area (Å²) in [6.07, 6.45) is 2.21. The first-order valence-corrected chi connectivity index (χ1v) is 9.12. The molecule has 1 fully saturated rings. The Labute approximate surface area is 145 Å². The lowest BCUT2D eigenvalue weighted by Crippen LogP contribution is -2.31. The Morgan fingerprint density at radius 2 is 2.22 bits per heavy atom. The van der Waals surface area contributed by atoms with Gasteiger partial charge in [0.15, 0.2) is 5.01 Å². The number of rotatable bonds is 6. The minimum Gasteiger partial charge on any atom is -0.350 e. The number of benzene rings is 1. The van der Waals surface area contributed by atoms with Crippen molar-refractivity contribution in [3.8, 4) is 0 Å². The number of likely N-dealkylation sites (tertiary alicyclic amines) is 1. The zero-order valence-electron chi connectivity index (χ0n) is 12.9. The Bertz CT molecular complexity index is 646. The Balaban J connectivity index is 1.39. The van der Waals surface area contributed by atoms with Gasteiger partial charge < -0.3 is 10.2 Å². The van der Waals surface area contributed by atoms with Crippen molar-refractivity contribution in [2.45, 2.75) is 12.8 Å². The van der Waals surface area contributed by atoms with E-state index in [1.165, 1.54) is 16.9 Å². The van der Waals surface area contributed by atoms with Crippen LogP contribution in [0.2, 0.25) is 5.15 Å².